The monoisotopic (exact) mass is 493 g/mol. The summed E-state index contributed by atoms with van der Waals surface area (Å²) >= 11 is 0. The second-order valence-corrected chi connectivity index (χ2v) is 10.2. The number of para-hydroxylation sites is 1. The molecule has 2 aromatic heterocycles. The molecule has 0 radical (unpaired) electrons. The minimum atomic E-state index is 0.00633. The largest absolute Gasteiger partial charge is 0.297 e. The summed E-state index contributed by atoms with van der Waals surface area (Å²) in [6.07, 6.45) is 12.6. The molecule has 0 bridgehead atoms. The lowest BCUT2D eigenvalue weighted by molar-refractivity contribution is 0.111. The first-order chi connectivity index (χ1) is 18.4. The van der Waals surface area contributed by atoms with Crippen LogP contribution in [-0.2, 0) is 0 Å². The van der Waals surface area contributed by atoms with Crippen molar-refractivity contribution in [1.29, 1.82) is 0 Å². The summed E-state index contributed by atoms with van der Waals surface area (Å²) in [6.45, 7) is 4.94. The molecule has 3 heterocycles. The number of hydrogen-bond acceptors (Lipinski definition) is 6. The third kappa shape index (κ3) is 5.33. The molecule has 1 atom stereocenters. The topological polar surface area (TPSA) is 63.0 Å². The highest BCUT2D eigenvalue weighted by Gasteiger charge is 2.33. The molecule has 1 saturated heterocycles. The summed E-state index contributed by atoms with van der Waals surface area (Å²) in [7, 11) is 0. The average Bonchev–Trinajstić information content (AvgIpc) is 3.45. The zero-order chi connectivity index (χ0) is 24.9. The van der Waals surface area contributed by atoms with E-state index in [1.165, 1.54) is 35.8 Å². The molecule has 0 N–H and O–H groups in total. The summed E-state index contributed by atoms with van der Waals surface area (Å²) in [6, 6.07) is 21.5. The van der Waals surface area contributed by atoms with E-state index in [2.05, 4.69) is 108 Å². The van der Waals surface area contributed by atoms with Crippen LogP contribution in [-0.4, -0.2) is 67.7 Å². The Labute approximate surface area is 218 Å². The Kier molecular flexibility index (Phi) is 7.33. The Morgan fingerprint density at radius 2 is 1.65 bits per heavy atom. The minimum absolute atomic E-state index is 0.00633. The summed E-state index contributed by atoms with van der Waals surface area (Å²) in [5.74, 6) is 0.973. The Morgan fingerprint density at radius 1 is 0.865 bits per heavy atom. The van der Waals surface area contributed by atoms with Crippen molar-refractivity contribution in [2.75, 3.05) is 32.7 Å². The van der Waals surface area contributed by atoms with Gasteiger partial charge < -0.3 is 0 Å². The first-order valence-electron chi connectivity index (χ1n) is 13.7. The van der Waals surface area contributed by atoms with Gasteiger partial charge in [-0.1, -0.05) is 79.9 Å². The van der Waals surface area contributed by atoms with E-state index in [0.29, 0.717) is 6.04 Å². The van der Waals surface area contributed by atoms with Gasteiger partial charge in [0, 0.05) is 44.3 Å². The lowest BCUT2D eigenvalue weighted by Crippen LogP contribution is -2.48. The van der Waals surface area contributed by atoms with Crippen molar-refractivity contribution in [1.82, 2.24) is 35.0 Å². The van der Waals surface area contributed by atoms with Crippen molar-refractivity contribution < 1.29 is 0 Å². The quantitative estimate of drug-likeness (QED) is 0.355. The lowest BCUT2D eigenvalue weighted by atomic mass is 9.94. The van der Waals surface area contributed by atoms with E-state index in [-0.39, 0.29) is 6.04 Å². The molecule has 1 aliphatic carbocycles. The van der Waals surface area contributed by atoms with Gasteiger partial charge in [-0.2, -0.15) is 0 Å². The molecule has 1 aliphatic heterocycles. The molecule has 37 heavy (non-hydrogen) atoms. The molecular formula is C30H35N7. The van der Waals surface area contributed by atoms with Crippen molar-refractivity contribution >= 4 is 17.0 Å². The van der Waals surface area contributed by atoms with Crippen molar-refractivity contribution in [3.8, 4) is 0 Å². The van der Waals surface area contributed by atoms with Crippen molar-refractivity contribution in [2.24, 2.45) is 0 Å². The van der Waals surface area contributed by atoms with Gasteiger partial charge in [0.1, 0.15) is 0 Å². The van der Waals surface area contributed by atoms with E-state index in [1.807, 2.05) is 6.20 Å². The Balaban J connectivity index is 1.26. The summed E-state index contributed by atoms with van der Waals surface area (Å²) in [4.78, 5) is 9.74. The van der Waals surface area contributed by atoms with E-state index in [1.54, 1.807) is 0 Å². The van der Waals surface area contributed by atoms with Gasteiger partial charge in [-0.25, -0.2) is 4.68 Å². The molecule has 0 amide bonds. The molecule has 1 unspecified atom stereocenters. The molecule has 2 aliphatic rings. The molecule has 2 aromatic carbocycles. The molecule has 190 valence electrons. The van der Waals surface area contributed by atoms with Crippen LogP contribution in [0.25, 0.3) is 17.0 Å². The Bertz CT molecular complexity index is 1310. The third-order valence-electron chi connectivity index (χ3n) is 7.91. The van der Waals surface area contributed by atoms with Crippen LogP contribution in [0.2, 0.25) is 0 Å². The van der Waals surface area contributed by atoms with Crippen molar-refractivity contribution in [3.63, 3.8) is 0 Å². The van der Waals surface area contributed by atoms with Gasteiger partial charge in [0.15, 0.2) is 5.82 Å². The number of pyridine rings is 1. The Morgan fingerprint density at radius 3 is 2.49 bits per heavy atom. The summed E-state index contributed by atoms with van der Waals surface area (Å²) < 4.78 is 2.15. The van der Waals surface area contributed by atoms with Crippen LogP contribution >= 0.6 is 0 Å². The van der Waals surface area contributed by atoms with Gasteiger partial charge in [0.25, 0.3) is 0 Å². The predicted molar refractivity (Wildman–Crippen MR) is 147 cm³/mol. The van der Waals surface area contributed by atoms with E-state index in [4.69, 9.17) is 0 Å². The highest BCUT2D eigenvalue weighted by atomic mass is 15.6. The average molecular weight is 494 g/mol. The van der Waals surface area contributed by atoms with Gasteiger partial charge in [0.05, 0.1) is 17.6 Å². The van der Waals surface area contributed by atoms with Gasteiger partial charge in [0.2, 0.25) is 0 Å². The molecule has 7 nitrogen and oxygen atoms in total. The smallest absolute Gasteiger partial charge is 0.173 e. The summed E-state index contributed by atoms with van der Waals surface area (Å²) in [5.41, 5.74) is 3.52. The maximum atomic E-state index is 4.67. The van der Waals surface area contributed by atoms with Crippen LogP contribution in [0.4, 0.5) is 0 Å². The first kappa shape index (κ1) is 23.9. The number of piperazine rings is 1. The number of hydrogen-bond donors (Lipinski definition) is 0. The van der Waals surface area contributed by atoms with Crippen molar-refractivity contribution in [3.05, 3.63) is 89.9 Å². The fraction of sp³-hybridized carbons (Fsp3) is 0.400. The third-order valence-corrected chi connectivity index (χ3v) is 7.91. The minimum Gasteiger partial charge on any atom is -0.297 e. The summed E-state index contributed by atoms with van der Waals surface area (Å²) in [5, 5.41) is 14.6. The van der Waals surface area contributed by atoms with Crippen LogP contribution in [0.3, 0.4) is 0 Å². The number of nitrogens with zero attached hydrogens (tertiary/aromatic N) is 7. The highest BCUT2D eigenvalue weighted by Crippen LogP contribution is 2.36. The van der Waals surface area contributed by atoms with Gasteiger partial charge >= 0.3 is 0 Å². The second-order valence-electron chi connectivity index (χ2n) is 10.2. The SMILES string of the molecule is C(=C\c1ccccc1)/CN1CCN(C(c2ccnc3ccccc23)c2nnnn2C2CCCCC2)CC1. The fourth-order valence-corrected chi connectivity index (χ4v) is 5.93. The molecule has 1 saturated carbocycles. The zero-order valence-corrected chi connectivity index (χ0v) is 21.4. The molecular weight excluding hydrogens is 458 g/mol. The van der Waals surface area contributed by atoms with Crippen LogP contribution in [0.1, 0.15) is 61.1 Å². The second kappa shape index (κ2) is 11.3. The number of benzene rings is 2. The van der Waals surface area contributed by atoms with E-state index >= 15 is 0 Å². The predicted octanol–water partition coefficient (Wildman–Crippen LogP) is 5.15. The van der Waals surface area contributed by atoms with E-state index in [0.717, 1.165) is 56.9 Å². The van der Waals surface area contributed by atoms with Crippen LogP contribution < -0.4 is 0 Å². The van der Waals surface area contributed by atoms with E-state index in [9.17, 15) is 0 Å². The van der Waals surface area contributed by atoms with E-state index < -0.39 is 0 Å². The maximum absolute atomic E-state index is 4.67. The lowest BCUT2D eigenvalue weighted by Gasteiger charge is -2.39. The maximum Gasteiger partial charge on any atom is 0.173 e. The molecule has 0 spiro atoms. The normalized spacial score (nSPS) is 19.0. The molecule has 7 heteroatoms. The number of aromatic nitrogens is 5. The standard InChI is InChI=1S/C30H35N7/c1-3-10-24(11-4-1)12-9-19-35-20-22-36(23-21-35)29(27-17-18-31-28-16-8-7-15-26(27)28)30-32-33-34-37(30)25-13-5-2-6-14-25/h1,3-4,7-12,15-18,25,29H,2,5-6,13-14,19-23H2/b12-9+. The molecule has 6 rings (SSSR count). The van der Waals surface area contributed by atoms with Crippen molar-refractivity contribution in [2.45, 2.75) is 44.2 Å². The Hall–Kier alpha value is -3.42. The number of rotatable bonds is 7. The van der Waals surface area contributed by atoms with Gasteiger partial charge in [-0.15, -0.1) is 5.10 Å². The number of fused-ring (bicyclic) bond motifs is 1. The van der Waals surface area contributed by atoms with Gasteiger partial charge in [-0.05, 0) is 46.5 Å². The highest BCUT2D eigenvalue weighted by molar-refractivity contribution is 5.82. The molecule has 4 aromatic rings. The molecule has 2 fully saturated rings. The number of tetrazole rings is 1. The zero-order valence-electron chi connectivity index (χ0n) is 21.4. The van der Waals surface area contributed by atoms with Crippen LogP contribution in [0.15, 0.2) is 72.9 Å². The van der Waals surface area contributed by atoms with Gasteiger partial charge in [-0.3, -0.25) is 14.8 Å². The van der Waals surface area contributed by atoms with Crippen LogP contribution in [0, 0.1) is 0 Å². The van der Waals surface area contributed by atoms with Crippen LogP contribution in [0.5, 0.6) is 0 Å². The fourth-order valence-electron chi connectivity index (χ4n) is 5.93. The first-order valence-corrected chi connectivity index (χ1v) is 13.7.